The number of aliphatic imine (C=N–C) groups is 1. The Kier molecular flexibility index (Phi) is 8.88. The fourth-order valence-electron chi connectivity index (χ4n) is 2.13. The molecule has 0 amide bonds. The van der Waals surface area contributed by atoms with Crippen LogP contribution in [0.15, 0.2) is 41.9 Å². The molecule has 1 atom stereocenters. The zero-order chi connectivity index (χ0) is 17.5. The van der Waals surface area contributed by atoms with Crippen LogP contribution >= 0.6 is 24.0 Å². The van der Waals surface area contributed by atoms with E-state index in [4.69, 9.17) is 0 Å². The average molecular weight is 459 g/mol. The largest absolute Gasteiger partial charge is 0.357 e. The van der Waals surface area contributed by atoms with Crippen molar-refractivity contribution in [2.75, 3.05) is 6.54 Å². The van der Waals surface area contributed by atoms with Gasteiger partial charge in [-0.15, -0.1) is 24.0 Å². The highest BCUT2D eigenvalue weighted by Gasteiger charge is 2.09. The topological polar surface area (TPSA) is 54.2 Å². The molecule has 7 heteroatoms. The average Bonchev–Trinajstić information content (AvgIpc) is 3.07. The second kappa shape index (κ2) is 10.4. The predicted molar refractivity (Wildman–Crippen MR) is 111 cm³/mol. The summed E-state index contributed by atoms with van der Waals surface area (Å²) in [7, 11) is 0. The van der Waals surface area contributed by atoms with Crippen LogP contribution < -0.4 is 10.6 Å². The minimum atomic E-state index is -0.283. The molecular weight excluding hydrogens is 432 g/mol. The maximum absolute atomic E-state index is 14.3. The van der Waals surface area contributed by atoms with Gasteiger partial charge in [0.15, 0.2) is 5.96 Å². The van der Waals surface area contributed by atoms with E-state index < -0.39 is 0 Å². The lowest BCUT2D eigenvalue weighted by Crippen LogP contribution is -2.44. The van der Waals surface area contributed by atoms with Gasteiger partial charge in [-0.05, 0) is 37.5 Å². The van der Waals surface area contributed by atoms with E-state index in [9.17, 15) is 4.39 Å². The molecule has 0 aliphatic carbocycles. The van der Waals surface area contributed by atoms with Gasteiger partial charge in [0.05, 0.1) is 18.6 Å². The number of guanidine groups is 1. The third-order valence-corrected chi connectivity index (χ3v) is 3.92. The number of aromatic nitrogens is 2. The van der Waals surface area contributed by atoms with Gasteiger partial charge in [-0.25, -0.2) is 14.4 Å². The molecule has 1 aromatic carbocycles. The van der Waals surface area contributed by atoms with Crippen LogP contribution in [0.4, 0.5) is 4.39 Å². The van der Waals surface area contributed by atoms with Crippen molar-refractivity contribution >= 4 is 29.9 Å². The maximum atomic E-state index is 14.3. The molecule has 0 aliphatic heterocycles. The summed E-state index contributed by atoms with van der Waals surface area (Å²) in [6, 6.07) is 5.47. The number of benzene rings is 1. The highest BCUT2D eigenvalue weighted by atomic mass is 127. The molecule has 1 aromatic heterocycles. The van der Waals surface area contributed by atoms with Crippen LogP contribution in [0.1, 0.15) is 33.3 Å². The third kappa shape index (κ3) is 6.30. The van der Waals surface area contributed by atoms with E-state index in [1.807, 2.05) is 13.0 Å². The van der Waals surface area contributed by atoms with Crippen molar-refractivity contribution in [2.45, 2.75) is 40.3 Å². The lowest BCUT2D eigenvalue weighted by molar-refractivity contribution is 0.481. The summed E-state index contributed by atoms with van der Waals surface area (Å²) in [4.78, 5) is 8.49. The molecule has 0 saturated carbocycles. The Morgan fingerprint density at radius 3 is 2.64 bits per heavy atom. The van der Waals surface area contributed by atoms with Crippen molar-refractivity contribution in [1.29, 1.82) is 0 Å². The van der Waals surface area contributed by atoms with Gasteiger partial charge in [0.1, 0.15) is 5.82 Å². The lowest BCUT2D eigenvalue weighted by atomic mass is 10.1. The van der Waals surface area contributed by atoms with Crippen LogP contribution in [0, 0.1) is 11.7 Å². The van der Waals surface area contributed by atoms with Crippen LogP contribution in [0.25, 0.3) is 5.69 Å². The zero-order valence-corrected chi connectivity index (χ0v) is 17.5. The molecule has 2 rings (SSSR count). The van der Waals surface area contributed by atoms with Gasteiger partial charge in [-0.2, -0.15) is 0 Å². The van der Waals surface area contributed by atoms with Crippen LogP contribution in [0.5, 0.6) is 0 Å². The fourth-order valence-corrected chi connectivity index (χ4v) is 2.13. The summed E-state index contributed by atoms with van der Waals surface area (Å²) in [6.45, 7) is 9.66. The Labute approximate surface area is 166 Å². The number of rotatable bonds is 6. The Morgan fingerprint density at radius 2 is 2.08 bits per heavy atom. The molecule has 2 N–H and O–H groups in total. The maximum Gasteiger partial charge on any atom is 0.191 e. The van der Waals surface area contributed by atoms with Crippen molar-refractivity contribution in [3.05, 3.63) is 48.3 Å². The normalized spacial score (nSPS) is 12.6. The van der Waals surface area contributed by atoms with Crippen molar-refractivity contribution in [2.24, 2.45) is 10.9 Å². The summed E-state index contributed by atoms with van der Waals surface area (Å²) in [5.41, 5.74) is 1.31. The van der Waals surface area contributed by atoms with E-state index in [-0.39, 0.29) is 29.8 Å². The van der Waals surface area contributed by atoms with Gasteiger partial charge >= 0.3 is 0 Å². The molecule has 138 valence electrons. The van der Waals surface area contributed by atoms with Crippen molar-refractivity contribution < 1.29 is 4.39 Å². The molecule has 2 aromatic rings. The molecule has 0 saturated heterocycles. The predicted octanol–water partition coefficient (Wildman–Crippen LogP) is 3.73. The molecule has 25 heavy (non-hydrogen) atoms. The third-order valence-electron chi connectivity index (χ3n) is 3.92. The zero-order valence-electron chi connectivity index (χ0n) is 15.2. The summed E-state index contributed by atoms with van der Waals surface area (Å²) in [5.74, 6) is 0.966. The Balaban J connectivity index is 0.00000312. The summed E-state index contributed by atoms with van der Waals surface area (Å²) < 4.78 is 15.9. The van der Waals surface area contributed by atoms with E-state index >= 15 is 0 Å². The first-order chi connectivity index (χ1) is 11.5. The van der Waals surface area contributed by atoms with Gasteiger partial charge in [0, 0.05) is 25.0 Å². The summed E-state index contributed by atoms with van der Waals surface area (Å²) in [5, 5.41) is 6.59. The van der Waals surface area contributed by atoms with E-state index in [1.54, 1.807) is 29.4 Å². The summed E-state index contributed by atoms with van der Waals surface area (Å²) >= 11 is 0. The number of hydrogen-bond acceptors (Lipinski definition) is 2. The van der Waals surface area contributed by atoms with Gasteiger partial charge in [0.2, 0.25) is 0 Å². The second-order valence-corrected chi connectivity index (χ2v) is 6.13. The van der Waals surface area contributed by atoms with Gasteiger partial charge in [-0.3, -0.25) is 0 Å². The molecule has 0 bridgehead atoms. The van der Waals surface area contributed by atoms with Gasteiger partial charge in [0.25, 0.3) is 0 Å². The molecule has 0 spiro atoms. The minimum Gasteiger partial charge on any atom is -0.357 e. The van der Waals surface area contributed by atoms with Crippen LogP contribution in [0.3, 0.4) is 0 Å². The van der Waals surface area contributed by atoms with Crippen LogP contribution in [-0.2, 0) is 6.54 Å². The molecule has 5 nitrogen and oxygen atoms in total. The van der Waals surface area contributed by atoms with E-state index in [2.05, 4.69) is 41.4 Å². The number of nitrogens with zero attached hydrogens (tertiary/aromatic N) is 3. The molecule has 0 radical (unpaired) electrons. The number of halogens is 2. The van der Waals surface area contributed by atoms with Crippen molar-refractivity contribution in [3.8, 4) is 5.69 Å². The van der Waals surface area contributed by atoms with Gasteiger partial charge in [-0.1, -0.05) is 19.9 Å². The lowest BCUT2D eigenvalue weighted by Gasteiger charge is -2.20. The first-order valence-corrected chi connectivity index (χ1v) is 8.32. The smallest absolute Gasteiger partial charge is 0.191 e. The Hall–Kier alpha value is -1.64. The van der Waals surface area contributed by atoms with Crippen molar-refractivity contribution in [1.82, 2.24) is 20.2 Å². The van der Waals surface area contributed by atoms with Crippen LogP contribution in [-0.4, -0.2) is 28.1 Å². The molecule has 0 fully saturated rings. The highest BCUT2D eigenvalue weighted by Crippen LogP contribution is 2.15. The molecule has 0 aliphatic rings. The van der Waals surface area contributed by atoms with Gasteiger partial charge < -0.3 is 15.2 Å². The van der Waals surface area contributed by atoms with Crippen molar-refractivity contribution in [3.63, 3.8) is 0 Å². The molecular formula is C18H27FIN5. The molecule has 1 heterocycles. The Morgan fingerprint density at radius 1 is 1.32 bits per heavy atom. The fraction of sp³-hybridized carbons (Fsp3) is 0.444. The summed E-state index contributed by atoms with van der Waals surface area (Å²) in [6.07, 6.45) is 4.93. The number of nitrogens with one attached hydrogen (secondary N) is 2. The van der Waals surface area contributed by atoms with E-state index in [0.29, 0.717) is 24.2 Å². The first-order valence-electron chi connectivity index (χ1n) is 8.32. The standard InChI is InChI=1S/C18H26FN5.HI/c1-5-21-18(23-14(4)13(2)3)22-11-15-6-7-17(16(19)10-15)24-9-8-20-12-24;/h6-10,12-14H,5,11H2,1-4H3,(H2,21,22,23);1H. The highest BCUT2D eigenvalue weighted by molar-refractivity contribution is 14.0. The minimum absolute atomic E-state index is 0. The quantitative estimate of drug-likeness (QED) is 0.393. The molecule has 1 unspecified atom stereocenters. The van der Waals surface area contributed by atoms with E-state index in [0.717, 1.165) is 18.1 Å². The van der Waals surface area contributed by atoms with Crippen LogP contribution in [0.2, 0.25) is 0 Å². The van der Waals surface area contributed by atoms with E-state index in [1.165, 1.54) is 6.07 Å². The number of hydrogen-bond donors (Lipinski definition) is 2. The number of imidazole rings is 1. The Bertz CT molecular complexity index is 670. The SMILES string of the molecule is CCNC(=NCc1ccc(-n2ccnc2)c(F)c1)NC(C)C(C)C.I. The second-order valence-electron chi connectivity index (χ2n) is 6.13. The monoisotopic (exact) mass is 459 g/mol. The first kappa shape index (κ1) is 21.4.